The number of nitrogens with two attached hydrogens (primary N) is 1. The molecule has 2 heterocycles. The number of hydrogen-bond donors (Lipinski definition) is 2. The monoisotopic (exact) mass is 235 g/mol. The van der Waals surface area contributed by atoms with Crippen molar-refractivity contribution in [1.82, 2.24) is 4.98 Å². The number of anilines is 1. The van der Waals surface area contributed by atoms with Crippen LogP contribution in [0.3, 0.4) is 0 Å². The van der Waals surface area contributed by atoms with Gasteiger partial charge in [0, 0.05) is 12.3 Å². The van der Waals surface area contributed by atoms with Gasteiger partial charge >= 0.3 is 0 Å². The first-order chi connectivity index (χ1) is 7.99. The Morgan fingerprint density at radius 3 is 2.88 bits per heavy atom. The second kappa shape index (κ2) is 4.43. The molecular weight excluding hydrogens is 218 g/mol. The molecule has 1 fully saturated rings. The molecule has 0 bridgehead atoms. The van der Waals surface area contributed by atoms with Gasteiger partial charge in [-0.15, -0.1) is 0 Å². The van der Waals surface area contributed by atoms with Crippen LogP contribution in [0.15, 0.2) is 12.1 Å². The molecule has 0 radical (unpaired) electrons. The maximum atomic E-state index is 12.0. The van der Waals surface area contributed by atoms with Crippen LogP contribution in [0.4, 0.5) is 5.82 Å². The summed E-state index contributed by atoms with van der Waals surface area (Å²) in [7, 11) is 0. The summed E-state index contributed by atoms with van der Waals surface area (Å²) in [5.74, 6) is 0.316. The van der Waals surface area contributed by atoms with E-state index in [4.69, 9.17) is 10.5 Å². The SMILES string of the molecule is Cc1cc(C)nc(NC(=O)C2(N)CCOC2)c1. The molecule has 1 aromatic heterocycles. The molecule has 1 aromatic rings. The zero-order valence-corrected chi connectivity index (χ0v) is 10.1. The summed E-state index contributed by atoms with van der Waals surface area (Å²) in [5, 5.41) is 2.75. The van der Waals surface area contributed by atoms with Crippen molar-refractivity contribution in [2.45, 2.75) is 25.8 Å². The summed E-state index contributed by atoms with van der Waals surface area (Å²) in [4.78, 5) is 16.3. The second-order valence-electron chi connectivity index (χ2n) is 4.58. The van der Waals surface area contributed by atoms with E-state index < -0.39 is 5.54 Å². The van der Waals surface area contributed by atoms with Crippen LogP contribution in [-0.2, 0) is 9.53 Å². The zero-order valence-electron chi connectivity index (χ0n) is 10.1. The van der Waals surface area contributed by atoms with Crippen LogP contribution in [0, 0.1) is 13.8 Å². The van der Waals surface area contributed by atoms with Crippen LogP contribution < -0.4 is 11.1 Å². The van der Waals surface area contributed by atoms with Crippen molar-refractivity contribution in [3.05, 3.63) is 23.4 Å². The fraction of sp³-hybridized carbons (Fsp3) is 0.500. The lowest BCUT2D eigenvalue weighted by atomic mass is 9.99. The summed E-state index contributed by atoms with van der Waals surface area (Å²) < 4.78 is 5.16. The minimum absolute atomic E-state index is 0.229. The van der Waals surface area contributed by atoms with Crippen LogP contribution >= 0.6 is 0 Å². The van der Waals surface area contributed by atoms with Gasteiger partial charge in [-0.25, -0.2) is 4.98 Å². The maximum Gasteiger partial charge on any atom is 0.248 e. The molecule has 1 unspecified atom stereocenters. The third-order valence-electron chi connectivity index (χ3n) is 2.84. The van der Waals surface area contributed by atoms with Crippen LogP contribution in [0.2, 0.25) is 0 Å². The summed E-state index contributed by atoms with van der Waals surface area (Å²) in [6.45, 7) is 4.65. The van der Waals surface area contributed by atoms with Gasteiger partial charge in [-0.2, -0.15) is 0 Å². The molecule has 5 heteroatoms. The number of pyridine rings is 1. The average molecular weight is 235 g/mol. The molecule has 1 aliphatic heterocycles. The number of rotatable bonds is 2. The van der Waals surface area contributed by atoms with Crippen molar-refractivity contribution >= 4 is 11.7 Å². The van der Waals surface area contributed by atoms with Crippen molar-refractivity contribution < 1.29 is 9.53 Å². The molecule has 1 saturated heterocycles. The van der Waals surface area contributed by atoms with Crippen molar-refractivity contribution in [2.24, 2.45) is 5.73 Å². The van der Waals surface area contributed by atoms with Crippen molar-refractivity contribution in [3.8, 4) is 0 Å². The van der Waals surface area contributed by atoms with E-state index in [1.54, 1.807) is 0 Å². The minimum atomic E-state index is -0.917. The molecule has 2 rings (SSSR count). The van der Waals surface area contributed by atoms with E-state index in [0.29, 0.717) is 18.8 Å². The summed E-state index contributed by atoms with van der Waals surface area (Å²) in [6, 6.07) is 3.77. The number of aromatic nitrogens is 1. The van der Waals surface area contributed by atoms with Crippen molar-refractivity contribution in [1.29, 1.82) is 0 Å². The molecule has 1 amide bonds. The molecular formula is C12H17N3O2. The highest BCUT2D eigenvalue weighted by Crippen LogP contribution is 2.18. The summed E-state index contributed by atoms with van der Waals surface area (Å²) in [5.41, 5.74) is 6.97. The van der Waals surface area contributed by atoms with Crippen molar-refractivity contribution in [2.75, 3.05) is 18.5 Å². The third kappa shape index (κ3) is 2.62. The van der Waals surface area contributed by atoms with Gasteiger partial charge < -0.3 is 15.8 Å². The van der Waals surface area contributed by atoms with Crippen LogP contribution in [0.5, 0.6) is 0 Å². The molecule has 5 nitrogen and oxygen atoms in total. The summed E-state index contributed by atoms with van der Waals surface area (Å²) >= 11 is 0. The van der Waals surface area contributed by atoms with E-state index in [2.05, 4.69) is 10.3 Å². The standard InChI is InChI=1S/C12H17N3O2/c1-8-5-9(2)14-10(6-8)15-11(16)12(13)3-4-17-7-12/h5-6H,3-4,7,13H2,1-2H3,(H,14,15,16). The Bertz CT molecular complexity index is 419. The molecule has 1 atom stereocenters. The topological polar surface area (TPSA) is 77.2 Å². The number of carbonyl (C=O) groups is 1. The number of nitrogens with zero attached hydrogens (tertiary/aromatic N) is 1. The van der Waals surface area contributed by atoms with Gasteiger partial charge in [0.05, 0.1) is 6.61 Å². The molecule has 1 aliphatic rings. The van der Waals surface area contributed by atoms with Crippen LogP contribution in [-0.4, -0.2) is 29.6 Å². The van der Waals surface area contributed by atoms with Gasteiger partial charge in [0.2, 0.25) is 5.91 Å². The zero-order chi connectivity index (χ0) is 12.5. The van der Waals surface area contributed by atoms with Crippen LogP contribution in [0.25, 0.3) is 0 Å². The minimum Gasteiger partial charge on any atom is -0.379 e. The first kappa shape index (κ1) is 12.0. The Hall–Kier alpha value is -1.46. The molecule has 92 valence electrons. The fourth-order valence-electron chi connectivity index (χ4n) is 1.91. The van der Waals surface area contributed by atoms with E-state index in [1.807, 2.05) is 26.0 Å². The Morgan fingerprint density at radius 1 is 1.53 bits per heavy atom. The van der Waals surface area contributed by atoms with Gasteiger partial charge in [0.25, 0.3) is 0 Å². The molecule has 0 aromatic carbocycles. The van der Waals surface area contributed by atoms with E-state index in [1.165, 1.54) is 0 Å². The van der Waals surface area contributed by atoms with Gasteiger partial charge in [0.15, 0.2) is 0 Å². The van der Waals surface area contributed by atoms with Gasteiger partial charge in [-0.3, -0.25) is 4.79 Å². The number of aryl methyl sites for hydroxylation is 2. The molecule has 0 spiro atoms. The lowest BCUT2D eigenvalue weighted by Gasteiger charge is -2.20. The van der Waals surface area contributed by atoms with Crippen molar-refractivity contribution in [3.63, 3.8) is 0 Å². The van der Waals surface area contributed by atoms with E-state index in [9.17, 15) is 4.79 Å². The smallest absolute Gasteiger partial charge is 0.248 e. The predicted octanol–water partition coefficient (Wildman–Crippen LogP) is 0.755. The van der Waals surface area contributed by atoms with E-state index in [-0.39, 0.29) is 12.5 Å². The average Bonchev–Trinajstić information content (AvgIpc) is 2.64. The number of nitrogens with one attached hydrogen (secondary N) is 1. The van der Waals surface area contributed by atoms with Gasteiger partial charge in [0.1, 0.15) is 11.4 Å². The molecule has 3 N–H and O–H groups in total. The first-order valence-corrected chi connectivity index (χ1v) is 5.63. The lowest BCUT2D eigenvalue weighted by molar-refractivity contribution is -0.121. The first-order valence-electron chi connectivity index (χ1n) is 5.63. The summed E-state index contributed by atoms with van der Waals surface area (Å²) in [6.07, 6.45) is 0.545. The Labute approximate surface area is 100 Å². The Balaban J connectivity index is 2.12. The second-order valence-corrected chi connectivity index (χ2v) is 4.58. The van der Waals surface area contributed by atoms with Gasteiger partial charge in [-0.1, -0.05) is 0 Å². The Kier molecular flexibility index (Phi) is 3.13. The van der Waals surface area contributed by atoms with Gasteiger partial charge in [-0.05, 0) is 38.0 Å². The maximum absolute atomic E-state index is 12.0. The molecule has 17 heavy (non-hydrogen) atoms. The molecule has 0 aliphatic carbocycles. The highest BCUT2D eigenvalue weighted by Gasteiger charge is 2.38. The number of ether oxygens (including phenoxy) is 1. The molecule has 0 saturated carbocycles. The number of hydrogen-bond acceptors (Lipinski definition) is 4. The van der Waals surface area contributed by atoms with E-state index >= 15 is 0 Å². The highest BCUT2D eigenvalue weighted by atomic mass is 16.5. The number of carbonyl (C=O) groups excluding carboxylic acids is 1. The highest BCUT2D eigenvalue weighted by molar-refractivity contribution is 5.97. The normalized spacial score (nSPS) is 23.7. The predicted molar refractivity (Wildman–Crippen MR) is 64.7 cm³/mol. The Morgan fingerprint density at radius 2 is 2.29 bits per heavy atom. The lowest BCUT2D eigenvalue weighted by Crippen LogP contribution is -2.51. The fourth-order valence-corrected chi connectivity index (χ4v) is 1.91. The largest absolute Gasteiger partial charge is 0.379 e. The van der Waals surface area contributed by atoms with E-state index in [0.717, 1.165) is 11.3 Å². The number of amides is 1. The van der Waals surface area contributed by atoms with Crippen LogP contribution in [0.1, 0.15) is 17.7 Å². The third-order valence-corrected chi connectivity index (χ3v) is 2.84. The quantitative estimate of drug-likeness (QED) is 0.793.